The Bertz CT molecular complexity index is 1270. The van der Waals surface area contributed by atoms with Gasteiger partial charge in [0.15, 0.2) is 5.13 Å². The van der Waals surface area contributed by atoms with Crippen LogP contribution in [0.3, 0.4) is 0 Å². The summed E-state index contributed by atoms with van der Waals surface area (Å²) >= 11 is 1.18. The number of hydrogen-bond acceptors (Lipinski definition) is 5. The highest BCUT2D eigenvalue weighted by Crippen LogP contribution is 2.34. The molecule has 0 fully saturated rings. The van der Waals surface area contributed by atoms with Crippen molar-refractivity contribution in [3.8, 4) is 11.3 Å². The first-order chi connectivity index (χ1) is 15.8. The summed E-state index contributed by atoms with van der Waals surface area (Å²) in [6.45, 7) is 2.81. The molecule has 2 aromatic carbocycles. The maximum absolute atomic E-state index is 14.5. The average molecular weight is 465 g/mol. The minimum Gasteiger partial charge on any atom is -0.326 e. The van der Waals surface area contributed by atoms with Crippen LogP contribution in [-0.2, 0) is 14.4 Å². The molecule has 4 rings (SSSR count). The molecule has 1 aromatic heterocycles. The quantitative estimate of drug-likeness (QED) is 0.567. The van der Waals surface area contributed by atoms with Crippen molar-refractivity contribution in [3.05, 3.63) is 71.0 Å². The van der Waals surface area contributed by atoms with E-state index in [9.17, 15) is 18.8 Å². The van der Waals surface area contributed by atoms with Gasteiger partial charge in [0.05, 0.1) is 18.2 Å². The van der Waals surface area contributed by atoms with Gasteiger partial charge in [-0.25, -0.2) is 9.37 Å². The molecule has 3 amide bonds. The van der Waals surface area contributed by atoms with E-state index in [1.165, 1.54) is 37.3 Å². The van der Waals surface area contributed by atoms with Gasteiger partial charge in [-0.05, 0) is 35.4 Å². The van der Waals surface area contributed by atoms with E-state index in [1.54, 1.807) is 22.5 Å². The first kappa shape index (κ1) is 22.3. The van der Waals surface area contributed by atoms with Crippen LogP contribution in [0.5, 0.6) is 0 Å². The zero-order valence-corrected chi connectivity index (χ0v) is 18.8. The van der Waals surface area contributed by atoms with Crippen LogP contribution < -0.4 is 10.6 Å². The summed E-state index contributed by atoms with van der Waals surface area (Å²) in [4.78, 5) is 41.9. The number of halogens is 1. The average Bonchev–Trinajstić information content (AvgIpc) is 3.21. The number of thiazole rings is 1. The summed E-state index contributed by atoms with van der Waals surface area (Å²) in [6, 6.07) is 11.5. The number of amides is 3. The number of rotatable bonds is 5. The standard InChI is InChI=1S/C24H21FN4O3S/c1-14(30)26-17-7-8-19(20(25)11-17)21-13-33-24(27-21)28-23(32)12-22-18-6-4-3-5-16(18)9-10-29(22)15(2)31/h3-11,13,22H,12H2,1-2H3,(H,26,30)(H,27,28,32)/t22-/m1/s1. The molecule has 1 atom stereocenters. The third-order valence-corrected chi connectivity index (χ3v) is 5.92. The Balaban J connectivity index is 1.48. The number of hydrogen-bond donors (Lipinski definition) is 2. The lowest BCUT2D eigenvalue weighted by Gasteiger charge is -2.32. The third kappa shape index (κ3) is 4.98. The molecule has 33 heavy (non-hydrogen) atoms. The number of carbonyl (C=O) groups is 3. The van der Waals surface area contributed by atoms with Crippen LogP contribution in [0, 0.1) is 5.82 Å². The van der Waals surface area contributed by atoms with Crippen LogP contribution >= 0.6 is 11.3 Å². The Morgan fingerprint density at radius 2 is 1.91 bits per heavy atom. The highest BCUT2D eigenvalue weighted by molar-refractivity contribution is 7.14. The third-order valence-electron chi connectivity index (χ3n) is 5.16. The number of benzene rings is 2. The van der Waals surface area contributed by atoms with Crippen molar-refractivity contribution in [3.63, 3.8) is 0 Å². The zero-order chi connectivity index (χ0) is 23.5. The number of nitrogens with one attached hydrogen (secondary N) is 2. The van der Waals surface area contributed by atoms with Gasteiger partial charge < -0.3 is 15.5 Å². The van der Waals surface area contributed by atoms with Crippen molar-refractivity contribution in [2.45, 2.75) is 26.3 Å². The van der Waals surface area contributed by atoms with Crippen molar-refractivity contribution >= 4 is 46.0 Å². The van der Waals surface area contributed by atoms with E-state index in [4.69, 9.17) is 0 Å². The van der Waals surface area contributed by atoms with E-state index in [0.717, 1.165) is 11.1 Å². The summed E-state index contributed by atoms with van der Waals surface area (Å²) in [7, 11) is 0. The van der Waals surface area contributed by atoms with Crippen molar-refractivity contribution in [2.24, 2.45) is 0 Å². The van der Waals surface area contributed by atoms with Gasteiger partial charge in [-0.15, -0.1) is 11.3 Å². The van der Waals surface area contributed by atoms with E-state index < -0.39 is 11.9 Å². The molecule has 2 N–H and O–H groups in total. The van der Waals surface area contributed by atoms with Crippen molar-refractivity contribution < 1.29 is 18.8 Å². The fourth-order valence-electron chi connectivity index (χ4n) is 3.72. The minimum absolute atomic E-state index is 0.0512. The largest absolute Gasteiger partial charge is 0.326 e. The van der Waals surface area contributed by atoms with Gasteiger partial charge in [-0.2, -0.15) is 0 Å². The van der Waals surface area contributed by atoms with Crippen molar-refractivity contribution in [2.75, 3.05) is 10.6 Å². The molecule has 1 aliphatic heterocycles. The van der Waals surface area contributed by atoms with Gasteiger partial charge in [0.1, 0.15) is 5.82 Å². The Labute approximate surface area is 194 Å². The monoisotopic (exact) mass is 464 g/mol. The molecule has 0 radical (unpaired) electrons. The van der Waals surface area contributed by atoms with E-state index >= 15 is 0 Å². The van der Waals surface area contributed by atoms with Crippen molar-refractivity contribution in [1.82, 2.24) is 9.88 Å². The molecule has 0 spiro atoms. The second-order valence-corrected chi connectivity index (χ2v) is 8.41. The number of carbonyl (C=O) groups excluding carboxylic acids is 3. The van der Waals surface area contributed by atoms with Gasteiger partial charge in [-0.1, -0.05) is 24.3 Å². The van der Waals surface area contributed by atoms with Gasteiger partial charge >= 0.3 is 0 Å². The van der Waals surface area contributed by atoms with Gasteiger partial charge in [0, 0.05) is 36.7 Å². The van der Waals surface area contributed by atoms with Gasteiger partial charge in [0.25, 0.3) is 0 Å². The van der Waals surface area contributed by atoms with Crippen LogP contribution in [0.1, 0.15) is 37.4 Å². The maximum Gasteiger partial charge on any atom is 0.228 e. The lowest BCUT2D eigenvalue weighted by atomic mass is 9.93. The first-order valence-corrected chi connectivity index (χ1v) is 11.1. The molecule has 2 heterocycles. The predicted octanol–water partition coefficient (Wildman–Crippen LogP) is 4.81. The Hall–Kier alpha value is -3.85. The Morgan fingerprint density at radius 1 is 1.12 bits per heavy atom. The maximum atomic E-state index is 14.5. The predicted molar refractivity (Wildman–Crippen MR) is 126 cm³/mol. The summed E-state index contributed by atoms with van der Waals surface area (Å²) in [5.74, 6) is -1.29. The van der Waals surface area contributed by atoms with E-state index in [2.05, 4.69) is 15.6 Å². The number of fused-ring (bicyclic) bond motifs is 1. The number of nitrogens with zero attached hydrogens (tertiary/aromatic N) is 2. The highest BCUT2D eigenvalue weighted by Gasteiger charge is 2.28. The fourth-order valence-corrected chi connectivity index (χ4v) is 4.44. The molecule has 3 aromatic rings. The zero-order valence-electron chi connectivity index (χ0n) is 18.0. The molecule has 0 saturated heterocycles. The molecule has 0 unspecified atom stereocenters. The lowest BCUT2D eigenvalue weighted by molar-refractivity contribution is -0.129. The molecule has 0 saturated carbocycles. The summed E-state index contributed by atoms with van der Waals surface area (Å²) < 4.78 is 14.5. The molecular weight excluding hydrogens is 443 g/mol. The Morgan fingerprint density at radius 3 is 2.64 bits per heavy atom. The van der Waals surface area contributed by atoms with Crippen LogP contribution in [-0.4, -0.2) is 27.6 Å². The normalized spacial score (nSPS) is 14.5. The first-order valence-electron chi connectivity index (χ1n) is 10.2. The highest BCUT2D eigenvalue weighted by atomic mass is 32.1. The summed E-state index contributed by atoms with van der Waals surface area (Å²) in [5, 5.41) is 7.25. The Kier molecular flexibility index (Phi) is 6.32. The lowest BCUT2D eigenvalue weighted by Crippen LogP contribution is -2.33. The van der Waals surface area contributed by atoms with E-state index in [-0.39, 0.29) is 29.7 Å². The molecule has 1 aliphatic rings. The topological polar surface area (TPSA) is 91.4 Å². The molecule has 7 nitrogen and oxygen atoms in total. The van der Waals surface area contributed by atoms with Gasteiger partial charge in [-0.3, -0.25) is 14.4 Å². The molecule has 9 heteroatoms. The van der Waals surface area contributed by atoms with E-state index in [0.29, 0.717) is 16.5 Å². The fraction of sp³-hybridized carbons (Fsp3) is 0.167. The number of aromatic nitrogens is 1. The van der Waals surface area contributed by atoms with Crippen LogP contribution in [0.15, 0.2) is 54.0 Å². The van der Waals surface area contributed by atoms with Gasteiger partial charge in [0.2, 0.25) is 17.7 Å². The van der Waals surface area contributed by atoms with Crippen molar-refractivity contribution in [1.29, 1.82) is 0 Å². The SMILES string of the molecule is CC(=O)Nc1ccc(-c2csc(NC(=O)C[C@@H]3c4ccccc4C=CN3C(C)=O)n2)c(F)c1. The second kappa shape index (κ2) is 9.33. The summed E-state index contributed by atoms with van der Waals surface area (Å²) in [5.41, 5.74) is 2.84. The van der Waals surface area contributed by atoms with E-state index in [1.807, 2.05) is 30.3 Å². The smallest absolute Gasteiger partial charge is 0.228 e. The van der Waals surface area contributed by atoms with Crippen LogP contribution in [0.4, 0.5) is 15.2 Å². The minimum atomic E-state index is -0.535. The van der Waals surface area contributed by atoms with Crippen LogP contribution in [0.25, 0.3) is 17.3 Å². The summed E-state index contributed by atoms with van der Waals surface area (Å²) in [6.07, 6.45) is 3.59. The molecule has 168 valence electrons. The molecular formula is C24H21FN4O3S. The number of anilines is 2. The molecule has 0 bridgehead atoms. The second-order valence-electron chi connectivity index (χ2n) is 7.55. The molecule has 0 aliphatic carbocycles. The van der Waals surface area contributed by atoms with Crippen LogP contribution in [0.2, 0.25) is 0 Å².